The van der Waals surface area contributed by atoms with Gasteiger partial charge in [0.1, 0.15) is 13.2 Å². The van der Waals surface area contributed by atoms with E-state index in [1.165, 1.54) is 180 Å². The van der Waals surface area contributed by atoms with E-state index in [0.29, 0.717) is 12.8 Å². The Kier molecular flexibility index (Phi) is 37.2. The molecule has 0 aromatic rings. The monoisotopic (exact) mass is 623 g/mol. The number of ether oxygens (including phenoxy) is 2. The van der Waals surface area contributed by atoms with E-state index in [1.807, 2.05) is 0 Å². The van der Waals surface area contributed by atoms with Crippen molar-refractivity contribution in [1.29, 1.82) is 0 Å². The van der Waals surface area contributed by atoms with Crippen LogP contribution in [0.4, 0.5) is 0 Å². The summed E-state index contributed by atoms with van der Waals surface area (Å²) in [5.74, 6) is -0.326. The van der Waals surface area contributed by atoms with Crippen LogP contribution in [0.5, 0.6) is 0 Å². The molecule has 0 radical (unpaired) electrons. The van der Waals surface area contributed by atoms with Crippen LogP contribution in [0.2, 0.25) is 0 Å². The van der Waals surface area contributed by atoms with E-state index in [-0.39, 0.29) is 25.2 Å². The Bertz CT molecular complexity index is 576. The second-order valence-electron chi connectivity index (χ2n) is 13.5. The summed E-state index contributed by atoms with van der Waals surface area (Å²) in [6.07, 6.45) is 43.4. The quantitative estimate of drug-likeness (QED) is 0.0511. The van der Waals surface area contributed by atoms with Crippen LogP contribution in [-0.4, -0.2) is 25.2 Å². The molecule has 0 aliphatic rings. The third-order valence-corrected chi connectivity index (χ3v) is 9.08. The molecule has 0 aliphatic heterocycles. The summed E-state index contributed by atoms with van der Waals surface area (Å²) in [6.45, 7) is 4.93. The molecule has 44 heavy (non-hydrogen) atoms. The van der Waals surface area contributed by atoms with Crippen molar-refractivity contribution in [3.05, 3.63) is 0 Å². The molecule has 0 unspecified atom stereocenters. The topological polar surface area (TPSA) is 52.6 Å². The fourth-order valence-corrected chi connectivity index (χ4v) is 6.09. The predicted octanol–water partition coefficient (Wildman–Crippen LogP) is 13.4. The highest BCUT2D eigenvalue weighted by Crippen LogP contribution is 2.16. The minimum atomic E-state index is -0.163. The van der Waals surface area contributed by atoms with Crippen LogP contribution in [0.25, 0.3) is 0 Å². The lowest BCUT2D eigenvalue weighted by Gasteiger charge is -2.07. The first-order chi connectivity index (χ1) is 21.7. The average molecular weight is 623 g/mol. The Morgan fingerprint density at radius 3 is 0.682 bits per heavy atom. The van der Waals surface area contributed by atoms with Crippen LogP contribution in [0.15, 0.2) is 0 Å². The van der Waals surface area contributed by atoms with Gasteiger partial charge in [-0.25, -0.2) is 0 Å². The van der Waals surface area contributed by atoms with Crippen molar-refractivity contribution < 1.29 is 19.1 Å². The Morgan fingerprint density at radius 1 is 0.295 bits per heavy atom. The second kappa shape index (κ2) is 38.1. The van der Waals surface area contributed by atoms with Crippen molar-refractivity contribution in [3.63, 3.8) is 0 Å². The zero-order valence-electron chi connectivity index (χ0n) is 30.1. The van der Waals surface area contributed by atoms with E-state index < -0.39 is 0 Å². The van der Waals surface area contributed by atoms with Gasteiger partial charge < -0.3 is 9.47 Å². The fraction of sp³-hybridized carbons (Fsp3) is 0.950. The van der Waals surface area contributed by atoms with E-state index in [2.05, 4.69) is 13.8 Å². The summed E-state index contributed by atoms with van der Waals surface area (Å²) in [7, 11) is 0. The molecular weight excluding hydrogens is 544 g/mol. The van der Waals surface area contributed by atoms with Gasteiger partial charge in [-0.3, -0.25) is 9.59 Å². The lowest BCUT2D eigenvalue weighted by molar-refractivity contribution is -0.152. The molecular formula is C40H78O4. The van der Waals surface area contributed by atoms with Crippen molar-refractivity contribution in [2.75, 3.05) is 13.2 Å². The molecule has 0 atom stereocenters. The SMILES string of the molecule is CCCCCCCCCCCCCCCCCCCC(=O)OCCOC(=O)CCCCCCCCCCCCCCCCC. The number of esters is 2. The largest absolute Gasteiger partial charge is 0.462 e. The van der Waals surface area contributed by atoms with Crippen molar-refractivity contribution >= 4 is 11.9 Å². The number of carbonyl (C=O) groups excluding carboxylic acids is 2. The molecule has 0 spiro atoms. The van der Waals surface area contributed by atoms with Crippen LogP contribution in [0, 0.1) is 0 Å². The molecule has 4 heteroatoms. The Morgan fingerprint density at radius 2 is 0.477 bits per heavy atom. The molecule has 0 aromatic heterocycles. The molecule has 0 N–H and O–H groups in total. The highest BCUT2D eigenvalue weighted by Gasteiger charge is 2.06. The molecule has 4 nitrogen and oxygen atoms in total. The van der Waals surface area contributed by atoms with Crippen molar-refractivity contribution in [3.8, 4) is 0 Å². The van der Waals surface area contributed by atoms with Crippen molar-refractivity contribution in [2.24, 2.45) is 0 Å². The fourth-order valence-electron chi connectivity index (χ4n) is 6.09. The molecule has 0 heterocycles. The van der Waals surface area contributed by atoms with E-state index in [4.69, 9.17) is 9.47 Å². The number of rotatable bonds is 37. The molecule has 0 bridgehead atoms. The van der Waals surface area contributed by atoms with Crippen LogP contribution in [0.3, 0.4) is 0 Å². The minimum Gasteiger partial charge on any atom is -0.462 e. The van der Waals surface area contributed by atoms with Crippen molar-refractivity contribution in [2.45, 2.75) is 232 Å². The maximum absolute atomic E-state index is 11.9. The van der Waals surface area contributed by atoms with Gasteiger partial charge in [0, 0.05) is 12.8 Å². The average Bonchev–Trinajstić information content (AvgIpc) is 3.02. The Labute approximate surface area is 276 Å². The van der Waals surface area contributed by atoms with Crippen LogP contribution in [-0.2, 0) is 19.1 Å². The minimum absolute atomic E-state index is 0.163. The highest BCUT2D eigenvalue weighted by molar-refractivity contribution is 5.70. The van der Waals surface area contributed by atoms with Gasteiger partial charge in [0.05, 0.1) is 0 Å². The van der Waals surface area contributed by atoms with Crippen LogP contribution < -0.4 is 0 Å². The lowest BCUT2D eigenvalue weighted by Crippen LogP contribution is -2.13. The van der Waals surface area contributed by atoms with E-state index in [0.717, 1.165) is 25.7 Å². The smallest absolute Gasteiger partial charge is 0.305 e. The number of hydrogen-bond acceptors (Lipinski definition) is 4. The number of unbranched alkanes of at least 4 members (excludes halogenated alkanes) is 30. The first kappa shape index (κ1) is 42.9. The summed E-state index contributed by atoms with van der Waals surface area (Å²) in [6, 6.07) is 0. The summed E-state index contributed by atoms with van der Waals surface area (Å²) in [5, 5.41) is 0. The van der Waals surface area contributed by atoms with E-state index >= 15 is 0 Å². The molecule has 0 saturated heterocycles. The summed E-state index contributed by atoms with van der Waals surface area (Å²) in [5.41, 5.74) is 0. The van der Waals surface area contributed by atoms with Gasteiger partial charge in [-0.15, -0.1) is 0 Å². The van der Waals surface area contributed by atoms with E-state index in [1.54, 1.807) is 0 Å². The maximum atomic E-state index is 11.9. The van der Waals surface area contributed by atoms with Crippen molar-refractivity contribution in [1.82, 2.24) is 0 Å². The first-order valence-corrected chi connectivity index (χ1v) is 20.0. The third-order valence-electron chi connectivity index (χ3n) is 9.08. The zero-order valence-corrected chi connectivity index (χ0v) is 30.1. The number of carbonyl (C=O) groups is 2. The molecule has 0 aliphatic carbocycles. The zero-order chi connectivity index (χ0) is 32.0. The van der Waals surface area contributed by atoms with Gasteiger partial charge in [-0.1, -0.05) is 206 Å². The Balaban J connectivity index is 3.25. The second-order valence-corrected chi connectivity index (χ2v) is 13.5. The summed E-state index contributed by atoms with van der Waals surface area (Å²) in [4.78, 5) is 23.8. The molecule has 0 amide bonds. The normalized spacial score (nSPS) is 11.2. The molecule has 0 aromatic carbocycles. The van der Waals surface area contributed by atoms with E-state index in [9.17, 15) is 9.59 Å². The predicted molar refractivity (Wildman–Crippen MR) is 190 cm³/mol. The molecule has 0 fully saturated rings. The summed E-state index contributed by atoms with van der Waals surface area (Å²) < 4.78 is 10.5. The van der Waals surface area contributed by atoms with Gasteiger partial charge in [0.25, 0.3) is 0 Å². The lowest BCUT2D eigenvalue weighted by atomic mass is 10.0. The van der Waals surface area contributed by atoms with Crippen LogP contribution >= 0.6 is 0 Å². The van der Waals surface area contributed by atoms with Gasteiger partial charge >= 0.3 is 11.9 Å². The molecule has 0 rings (SSSR count). The third kappa shape index (κ3) is 37.1. The van der Waals surface area contributed by atoms with Crippen LogP contribution in [0.1, 0.15) is 232 Å². The maximum Gasteiger partial charge on any atom is 0.305 e. The Hall–Kier alpha value is -1.06. The van der Waals surface area contributed by atoms with Gasteiger partial charge in [-0.2, -0.15) is 0 Å². The standard InChI is InChI=1S/C40H78O4/c1-3-5-7-9-11-13-15-17-19-20-22-24-26-28-30-32-34-36-40(42)44-38-37-43-39(41)35-33-31-29-27-25-23-21-18-16-14-12-10-8-6-4-2/h3-38H2,1-2H3. The highest BCUT2D eigenvalue weighted by atomic mass is 16.6. The molecule has 0 saturated carbocycles. The van der Waals surface area contributed by atoms with Gasteiger partial charge in [-0.05, 0) is 12.8 Å². The first-order valence-electron chi connectivity index (χ1n) is 20.0. The summed E-state index contributed by atoms with van der Waals surface area (Å²) >= 11 is 0. The van der Waals surface area contributed by atoms with Gasteiger partial charge in [0.2, 0.25) is 0 Å². The van der Waals surface area contributed by atoms with Gasteiger partial charge in [0.15, 0.2) is 0 Å². The number of hydrogen-bond donors (Lipinski definition) is 0. The molecule has 262 valence electrons.